The Hall–Kier alpha value is -2.55. The lowest BCUT2D eigenvalue weighted by atomic mass is 10.1. The van der Waals surface area contributed by atoms with E-state index < -0.39 is 0 Å². The second kappa shape index (κ2) is 5.09. The van der Waals surface area contributed by atoms with Crippen molar-refractivity contribution in [2.45, 2.75) is 13.8 Å². The average molecular weight is 278 g/mol. The van der Waals surface area contributed by atoms with Crippen molar-refractivity contribution in [3.8, 4) is 0 Å². The molecule has 3 nitrogen and oxygen atoms in total. The molecule has 0 aliphatic rings. The Bertz CT molecular complexity index is 817. The van der Waals surface area contributed by atoms with Gasteiger partial charge in [-0.1, -0.05) is 17.7 Å². The normalized spacial score (nSPS) is 10.8. The van der Waals surface area contributed by atoms with Crippen LogP contribution in [0, 0.1) is 13.8 Å². The summed E-state index contributed by atoms with van der Waals surface area (Å²) in [5, 5.41) is 1.05. The first-order valence-electron chi connectivity index (χ1n) is 6.99. The maximum atomic E-state index is 12.7. The van der Waals surface area contributed by atoms with Gasteiger partial charge in [0, 0.05) is 35.4 Å². The van der Waals surface area contributed by atoms with Crippen LogP contribution in [0.3, 0.4) is 0 Å². The van der Waals surface area contributed by atoms with Gasteiger partial charge in [-0.05, 0) is 49.7 Å². The number of H-pyrrole nitrogens is 1. The van der Waals surface area contributed by atoms with Crippen LogP contribution in [0.5, 0.6) is 0 Å². The molecule has 0 bridgehead atoms. The van der Waals surface area contributed by atoms with Gasteiger partial charge in [0.15, 0.2) is 0 Å². The third kappa shape index (κ3) is 2.42. The molecule has 0 fully saturated rings. The fraction of sp³-hybridized carbons (Fsp3) is 0.167. The summed E-state index contributed by atoms with van der Waals surface area (Å²) >= 11 is 0. The zero-order valence-electron chi connectivity index (χ0n) is 12.5. The van der Waals surface area contributed by atoms with Gasteiger partial charge in [-0.15, -0.1) is 0 Å². The number of hydrogen-bond donors (Lipinski definition) is 1. The van der Waals surface area contributed by atoms with E-state index in [1.165, 1.54) is 5.56 Å². The van der Waals surface area contributed by atoms with Crippen LogP contribution in [0.15, 0.2) is 48.7 Å². The minimum absolute atomic E-state index is 0.00468. The Morgan fingerprint density at radius 2 is 1.86 bits per heavy atom. The van der Waals surface area contributed by atoms with Crippen LogP contribution in [-0.2, 0) is 0 Å². The molecule has 2 aromatic carbocycles. The molecule has 3 heteroatoms. The Morgan fingerprint density at radius 3 is 2.62 bits per heavy atom. The molecule has 21 heavy (non-hydrogen) atoms. The van der Waals surface area contributed by atoms with E-state index >= 15 is 0 Å². The van der Waals surface area contributed by atoms with E-state index in [0.29, 0.717) is 5.56 Å². The highest BCUT2D eigenvalue weighted by atomic mass is 16.2. The molecule has 3 rings (SSSR count). The highest BCUT2D eigenvalue weighted by molar-refractivity contribution is 6.07. The van der Waals surface area contributed by atoms with Crippen LogP contribution in [-0.4, -0.2) is 17.9 Å². The van der Waals surface area contributed by atoms with Gasteiger partial charge in [0.2, 0.25) is 0 Å². The number of aryl methyl sites for hydroxylation is 2. The number of anilines is 1. The van der Waals surface area contributed by atoms with Crippen molar-refractivity contribution in [1.29, 1.82) is 0 Å². The Balaban J connectivity index is 1.96. The lowest BCUT2D eigenvalue weighted by Gasteiger charge is -2.20. The molecule has 106 valence electrons. The average Bonchev–Trinajstić information content (AvgIpc) is 2.93. The van der Waals surface area contributed by atoms with E-state index in [4.69, 9.17) is 0 Å². The van der Waals surface area contributed by atoms with Crippen LogP contribution >= 0.6 is 0 Å². The van der Waals surface area contributed by atoms with Gasteiger partial charge in [0.25, 0.3) is 5.91 Å². The molecular formula is C18H18N2O. The van der Waals surface area contributed by atoms with E-state index in [0.717, 1.165) is 22.2 Å². The maximum absolute atomic E-state index is 12.7. The minimum atomic E-state index is 0.00468. The number of fused-ring (bicyclic) bond motifs is 1. The molecule has 0 saturated heterocycles. The summed E-state index contributed by atoms with van der Waals surface area (Å²) in [6.07, 6.45) is 1.88. The molecule has 0 spiro atoms. The predicted octanol–water partition coefficient (Wildman–Crippen LogP) is 4.06. The fourth-order valence-corrected chi connectivity index (χ4v) is 2.67. The molecule has 0 unspecified atom stereocenters. The number of benzene rings is 2. The lowest BCUT2D eigenvalue weighted by molar-refractivity contribution is 0.0993. The van der Waals surface area contributed by atoms with Gasteiger partial charge in [0.1, 0.15) is 0 Å². The second-order valence-electron chi connectivity index (χ2n) is 5.43. The summed E-state index contributed by atoms with van der Waals surface area (Å²) in [6, 6.07) is 13.8. The summed E-state index contributed by atoms with van der Waals surface area (Å²) in [6.45, 7) is 4.08. The van der Waals surface area contributed by atoms with Gasteiger partial charge in [0.05, 0.1) is 0 Å². The predicted molar refractivity (Wildman–Crippen MR) is 86.9 cm³/mol. The standard InChI is InChI=1S/C18H18N2O/c1-12-4-7-17(13(2)10-12)20(3)18(21)15-5-6-16-14(11-15)8-9-19-16/h4-11,19H,1-3H3. The molecular weight excluding hydrogens is 260 g/mol. The molecule has 3 aromatic rings. The number of hydrogen-bond acceptors (Lipinski definition) is 1. The second-order valence-corrected chi connectivity index (χ2v) is 5.43. The van der Waals surface area contributed by atoms with Gasteiger partial charge >= 0.3 is 0 Å². The van der Waals surface area contributed by atoms with E-state index in [1.807, 2.05) is 56.6 Å². The van der Waals surface area contributed by atoms with Crippen LogP contribution in [0.25, 0.3) is 10.9 Å². The zero-order valence-corrected chi connectivity index (χ0v) is 12.5. The molecule has 0 atom stereocenters. The maximum Gasteiger partial charge on any atom is 0.258 e. The van der Waals surface area contributed by atoms with Crippen molar-refractivity contribution in [2.24, 2.45) is 0 Å². The van der Waals surface area contributed by atoms with E-state index in [2.05, 4.69) is 18.0 Å². The fourth-order valence-electron chi connectivity index (χ4n) is 2.67. The number of nitrogens with zero attached hydrogens (tertiary/aromatic N) is 1. The van der Waals surface area contributed by atoms with Crippen molar-refractivity contribution in [3.63, 3.8) is 0 Å². The third-order valence-corrected chi connectivity index (χ3v) is 3.82. The number of rotatable bonds is 2. The Kier molecular flexibility index (Phi) is 3.26. The molecule has 1 aromatic heterocycles. The number of carbonyl (C=O) groups is 1. The van der Waals surface area contributed by atoms with E-state index in [9.17, 15) is 4.79 Å². The van der Waals surface area contributed by atoms with Crippen LogP contribution < -0.4 is 4.90 Å². The lowest BCUT2D eigenvalue weighted by Crippen LogP contribution is -2.26. The topological polar surface area (TPSA) is 36.1 Å². The molecule has 0 aliphatic heterocycles. The number of amides is 1. The first-order valence-corrected chi connectivity index (χ1v) is 6.99. The summed E-state index contributed by atoms with van der Waals surface area (Å²) in [7, 11) is 1.82. The number of aromatic amines is 1. The number of nitrogens with one attached hydrogen (secondary N) is 1. The molecule has 0 radical (unpaired) electrons. The van der Waals surface area contributed by atoms with Crippen molar-refractivity contribution in [3.05, 3.63) is 65.4 Å². The van der Waals surface area contributed by atoms with Crippen molar-refractivity contribution >= 4 is 22.5 Å². The van der Waals surface area contributed by atoms with Crippen LogP contribution in [0.2, 0.25) is 0 Å². The van der Waals surface area contributed by atoms with Gasteiger partial charge in [-0.2, -0.15) is 0 Å². The summed E-state index contributed by atoms with van der Waals surface area (Å²) < 4.78 is 0. The van der Waals surface area contributed by atoms with Crippen molar-refractivity contribution in [1.82, 2.24) is 4.98 Å². The highest BCUT2D eigenvalue weighted by Crippen LogP contribution is 2.23. The van der Waals surface area contributed by atoms with E-state index in [1.54, 1.807) is 4.90 Å². The number of carbonyl (C=O) groups excluding carboxylic acids is 1. The van der Waals surface area contributed by atoms with Gasteiger partial charge in [-0.3, -0.25) is 4.79 Å². The Morgan fingerprint density at radius 1 is 1.05 bits per heavy atom. The first-order chi connectivity index (χ1) is 10.1. The van der Waals surface area contributed by atoms with Gasteiger partial charge < -0.3 is 9.88 Å². The molecule has 0 saturated carbocycles. The van der Waals surface area contributed by atoms with E-state index in [-0.39, 0.29) is 5.91 Å². The summed E-state index contributed by atoms with van der Waals surface area (Å²) in [4.78, 5) is 17.5. The first kappa shape index (κ1) is 13.4. The highest BCUT2D eigenvalue weighted by Gasteiger charge is 2.15. The molecule has 1 N–H and O–H groups in total. The smallest absolute Gasteiger partial charge is 0.258 e. The zero-order chi connectivity index (χ0) is 15.0. The molecule has 1 amide bonds. The largest absolute Gasteiger partial charge is 0.361 e. The summed E-state index contributed by atoms with van der Waals surface area (Å²) in [5.41, 5.74) is 4.99. The third-order valence-electron chi connectivity index (χ3n) is 3.82. The minimum Gasteiger partial charge on any atom is -0.361 e. The quantitative estimate of drug-likeness (QED) is 0.754. The molecule has 1 heterocycles. The number of aromatic nitrogens is 1. The van der Waals surface area contributed by atoms with Crippen molar-refractivity contribution < 1.29 is 4.79 Å². The van der Waals surface area contributed by atoms with Crippen LogP contribution in [0.1, 0.15) is 21.5 Å². The molecule has 0 aliphatic carbocycles. The SMILES string of the molecule is Cc1ccc(N(C)C(=O)c2ccc3[nH]ccc3c2)c(C)c1. The Labute approximate surface area is 124 Å². The van der Waals surface area contributed by atoms with Gasteiger partial charge in [-0.25, -0.2) is 0 Å². The van der Waals surface area contributed by atoms with Crippen LogP contribution in [0.4, 0.5) is 5.69 Å². The summed E-state index contributed by atoms with van der Waals surface area (Å²) in [5.74, 6) is 0.00468. The van der Waals surface area contributed by atoms with Crippen molar-refractivity contribution in [2.75, 3.05) is 11.9 Å². The monoisotopic (exact) mass is 278 g/mol.